The molecule has 1 aliphatic heterocycles. The first-order chi connectivity index (χ1) is 9.74. The third-order valence-electron chi connectivity index (χ3n) is 4.28. The van der Waals surface area contributed by atoms with Crippen LogP contribution in [-0.4, -0.2) is 41.6 Å². The molecule has 1 aromatic carbocycles. The Morgan fingerprint density at radius 1 is 1.25 bits per heavy atom. The number of nitrogens with one attached hydrogen (secondary N) is 1. The number of benzene rings is 1. The average molecular weight is 269 g/mol. The molecule has 0 saturated carbocycles. The van der Waals surface area contributed by atoms with E-state index in [1.165, 1.54) is 10.9 Å². The second-order valence-electron chi connectivity index (χ2n) is 5.90. The summed E-state index contributed by atoms with van der Waals surface area (Å²) in [4.78, 5) is 7.13. The van der Waals surface area contributed by atoms with Crippen molar-refractivity contribution in [2.45, 2.75) is 32.4 Å². The van der Waals surface area contributed by atoms with Gasteiger partial charge in [0, 0.05) is 43.3 Å². The van der Waals surface area contributed by atoms with Crippen LogP contribution in [0.2, 0.25) is 0 Å². The third-order valence-corrected chi connectivity index (χ3v) is 4.28. The zero-order valence-corrected chi connectivity index (χ0v) is 12.3. The van der Waals surface area contributed by atoms with Gasteiger partial charge in [0.25, 0.3) is 0 Å². The molecule has 0 bridgehead atoms. The van der Waals surface area contributed by atoms with Gasteiger partial charge >= 0.3 is 0 Å². The summed E-state index contributed by atoms with van der Waals surface area (Å²) in [5.41, 5.74) is 2.52. The number of hydrogen-bond donors (Lipinski definition) is 1. The van der Waals surface area contributed by atoms with Crippen LogP contribution in [0.3, 0.4) is 0 Å². The molecular weight excluding hydrogens is 246 g/mol. The first kappa shape index (κ1) is 13.5. The molecule has 1 aliphatic rings. The Morgan fingerprint density at radius 2 is 2.10 bits per heavy atom. The summed E-state index contributed by atoms with van der Waals surface area (Å²) in [5.74, 6) is 0. The van der Waals surface area contributed by atoms with Crippen LogP contribution >= 0.6 is 0 Å². The van der Waals surface area contributed by atoms with E-state index in [0.29, 0.717) is 12.1 Å². The standard InChI is InChI=1S/C17H23N3/c1-13-12-20(14(2)11-19-13)10-8-16-6-3-5-15-7-4-9-18-17(15)16/h3-7,9,13-14,19H,8,10-12H2,1-2H3. The van der Waals surface area contributed by atoms with Crippen LogP contribution < -0.4 is 5.32 Å². The Bertz CT molecular complexity index is 576. The van der Waals surface area contributed by atoms with Crippen molar-refractivity contribution in [2.24, 2.45) is 0 Å². The minimum absolute atomic E-state index is 0.594. The van der Waals surface area contributed by atoms with E-state index in [-0.39, 0.29) is 0 Å². The number of rotatable bonds is 3. The zero-order chi connectivity index (χ0) is 13.9. The molecule has 0 amide bonds. The molecule has 1 N–H and O–H groups in total. The van der Waals surface area contributed by atoms with E-state index in [1.807, 2.05) is 12.3 Å². The summed E-state index contributed by atoms with van der Waals surface area (Å²) in [7, 11) is 0. The lowest BCUT2D eigenvalue weighted by Crippen LogP contribution is -2.54. The van der Waals surface area contributed by atoms with Crippen LogP contribution in [-0.2, 0) is 6.42 Å². The lowest BCUT2D eigenvalue weighted by atomic mass is 10.1. The molecule has 1 saturated heterocycles. The Balaban J connectivity index is 1.73. The number of piperazine rings is 1. The Hall–Kier alpha value is -1.45. The van der Waals surface area contributed by atoms with Crippen LogP contribution in [0.1, 0.15) is 19.4 Å². The summed E-state index contributed by atoms with van der Waals surface area (Å²) >= 11 is 0. The van der Waals surface area contributed by atoms with Crippen LogP contribution in [0.4, 0.5) is 0 Å². The van der Waals surface area contributed by atoms with Gasteiger partial charge in [0.05, 0.1) is 5.52 Å². The quantitative estimate of drug-likeness (QED) is 0.928. The fourth-order valence-electron chi connectivity index (χ4n) is 3.04. The molecule has 1 fully saturated rings. The van der Waals surface area contributed by atoms with Gasteiger partial charge in [0.15, 0.2) is 0 Å². The van der Waals surface area contributed by atoms with Gasteiger partial charge in [-0.05, 0) is 31.9 Å². The number of pyridine rings is 1. The minimum Gasteiger partial charge on any atom is -0.311 e. The maximum absolute atomic E-state index is 4.55. The van der Waals surface area contributed by atoms with Crippen LogP contribution in [0, 0.1) is 0 Å². The molecule has 2 heterocycles. The molecule has 1 aromatic heterocycles. The van der Waals surface area contributed by atoms with Crippen molar-refractivity contribution in [1.82, 2.24) is 15.2 Å². The van der Waals surface area contributed by atoms with Crippen molar-refractivity contribution >= 4 is 10.9 Å². The van der Waals surface area contributed by atoms with E-state index in [9.17, 15) is 0 Å². The molecule has 0 spiro atoms. The Labute approximate surface area is 121 Å². The summed E-state index contributed by atoms with van der Waals surface area (Å²) in [6.07, 6.45) is 2.97. The summed E-state index contributed by atoms with van der Waals surface area (Å²) in [5, 5.41) is 4.78. The van der Waals surface area contributed by atoms with Gasteiger partial charge in [-0.1, -0.05) is 24.3 Å². The smallest absolute Gasteiger partial charge is 0.0734 e. The topological polar surface area (TPSA) is 28.2 Å². The van der Waals surface area contributed by atoms with E-state index in [2.05, 4.69) is 53.3 Å². The maximum Gasteiger partial charge on any atom is 0.0734 e. The SMILES string of the molecule is CC1CN(CCc2cccc3cccnc23)C(C)CN1. The van der Waals surface area contributed by atoms with E-state index >= 15 is 0 Å². The molecule has 2 aromatic rings. The fraction of sp³-hybridized carbons (Fsp3) is 0.471. The molecule has 3 rings (SSSR count). The number of nitrogens with zero attached hydrogens (tertiary/aromatic N) is 2. The normalized spacial score (nSPS) is 24.1. The largest absolute Gasteiger partial charge is 0.311 e. The van der Waals surface area contributed by atoms with Crippen molar-refractivity contribution in [1.29, 1.82) is 0 Å². The minimum atomic E-state index is 0.594. The molecule has 106 valence electrons. The fourth-order valence-corrected chi connectivity index (χ4v) is 3.04. The number of para-hydroxylation sites is 1. The molecule has 3 heteroatoms. The van der Waals surface area contributed by atoms with Crippen LogP contribution in [0.25, 0.3) is 10.9 Å². The lowest BCUT2D eigenvalue weighted by Gasteiger charge is -2.37. The first-order valence-corrected chi connectivity index (χ1v) is 7.54. The number of aromatic nitrogens is 1. The molecular formula is C17H23N3. The highest BCUT2D eigenvalue weighted by molar-refractivity contribution is 5.81. The maximum atomic E-state index is 4.55. The molecule has 0 aliphatic carbocycles. The molecule has 3 nitrogen and oxygen atoms in total. The van der Waals surface area contributed by atoms with Crippen LogP contribution in [0.15, 0.2) is 36.5 Å². The zero-order valence-electron chi connectivity index (χ0n) is 12.3. The van der Waals surface area contributed by atoms with Gasteiger partial charge in [-0.25, -0.2) is 0 Å². The predicted octanol–water partition coefficient (Wildman–Crippen LogP) is 2.46. The van der Waals surface area contributed by atoms with Crippen molar-refractivity contribution < 1.29 is 0 Å². The summed E-state index contributed by atoms with van der Waals surface area (Å²) in [6, 6.07) is 11.9. The highest BCUT2D eigenvalue weighted by Crippen LogP contribution is 2.17. The van der Waals surface area contributed by atoms with Crippen molar-refractivity contribution in [2.75, 3.05) is 19.6 Å². The highest BCUT2D eigenvalue weighted by atomic mass is 15.2. The summed E-state index contributed by atoms with van der Waals surface area (Å²) < 4.78 is 0. The van der Waals surface area contributed by atoms with Gasteiger partial charge in [0.1, 0.15) is 0 Å². The summed E-state index contributed by atoms with van der Waals surface area (Å²) in [6.45, 7) is 7.91. The molecule has 20 heavy (non-hydrogen) atoms. The highest BCUT2D eigenvalue weighted by Gasteiger charge is 2.21. The van der Waals surface area contributed by atoms with Crippen LogP contribution in [0.5, 0.6) is 0 Å². The molecule has 0 radical (unpaired) electrons. The lowest BCUT2D eigenvalue weighted by molar-refractivity contribution is 0.148. The first-order valence-electron chi connectivity index (χ1n) is 7.54. The van der Waals surface area contributed by atoms with E-state index < -0.39 is 0 Å². The van der Waals surface area contributed by atoms with Gasteiger partial charge in [-0.15, -0.1) is 0 Å². The average Bonchev–Trinajstić information content (AvgIpc) is 2.48. The van der Waals surface area contributed by atoms with E-state index in [1.54, 1.807) is 0 Å². The van der Waals surface area contributed by atoms with Gasteiger partial charge in [-0.2, -0.15) is 0 Å². The monoisotopic (exact) mass is 269 g/mol. The van der Waals surface area contributed by atoms with E-state index in [0.717, 1.165) is 31.6 Å². The molecule has 2 atom stereocenters. The predicted molar refractivity (Wildman–Crippen MR) is 83.9 cm³/mol. The van der Waals surface area contributed by atoms with Crippen molar-refractivity contribution in [3.05, 3.63) is 42.1 Å². The number of hydrogen-bond acceptors (Lipinski definition) is 3. The van der Waals surface area contributed by atoms with Gasteiger partial charge < -0.3 is 5.32 Å². The molecule has 2 unspecified atom stereocenters. The number of fused-ring (bicyclic) bond motifs is 1. The third kappa shape index (κ3) is 2.84. The Kier molecular flexibility index (Phi) is 3.99. The Morgan fingerprint density at radius 3 is 3.00 bits per heavy atom. The van der Waals surface area contributed by atoms with Crippen molar-refractivity contribution in [3.8, 4) is 0 Å². The van der Waals surface area contributed by atoms with Crippen molar-refractivity contribution in [3.63, 3.8) is 0 Å². The second kappa shape index (κ2) is 5.90. The van der Waals surface area contributed by atoms with Gasteiger partial charge in [0.2, 0.25) is 0 Å². The van der Waals surface area contributed by atoms with Gasteiger partial charge in [-0.3, -0.25) is 9.88 Å². The second-order valence-corrected chi connectivity index (χ2v) is 5.90. The van der Waals surface area contributed by atoms with E-state index in [4.69, 9.17) is 0 Å².